The number of hydrogen-bond acceptors (Lipinski definition) is 3. The highest BCUT2D eigenvalue weighted by molar-refractivity contribution is 14.1. The smallest absolute Gasteiger partial charge is 0.324 e. The number of halogens is 1. The number of carbonyl (C=O) groups excluding carboxylic acids is 1. The normalized spacial score (nSPS) is 14.6. The minimum absolute atomic E-state index is 0.0442. The van der Waals surface area contributed by atoms with Crippen molar-refractivity contribution in [3.63, 3.8) is 0 Å². The fourth-order valence-corrected chi connectivity index (χ4v) is 4.70. The molecule has 0 aliphatic carbocycles. The van der Waals surface area contributed by atoms with Crippen molar-refractivity contribution in [3.8, 4) is 11.1 Å². The molecule has 0 radical (unpaired) electrons. The van der Waals surface area contributed by atoms with Crippen LogP contribution in [-0.4, -0.2) is 38.6 Å². The number of aromatic nitrogens is 3. The number of nitrogens with zero attached hydrogens (tertiary/aromatic N) is 3. The lowest BCUT2D eigenvalue weighted by Gasteiger charge is -2.32. The van der Waals surface area contributed by atoms with Gasteiger partial charge in [-0.25, -0.2) is 9.59 Å². The van der Waals surface area contributed by atoms with Crippen molar-refractivity contribution in [2.75, 3.05) is 18.4 Å². The van der Waals surface area contributed by atoms with Crippen LogP contribution in [0.4, 0.5) is 10.5 Å². The van der Waals surface area contributed by atoms with E-state index in [0.29, 0.717) is 13.1 Å². The minimum atomic E-state index is -0.113. The zero-order valence-electron chi connectivity index (χ0n) is 17.3. The molecule has 162 valence electrons. The molecule has 2 aromatic carbocycles. The maximum absolute atomic E-state index is 12.9. The van der Waals surface area contributed by atoms with Gasteiger partial charge in [0.1, 0.15) is 0 Å². The monoisotopic (exact) mass is 539 g/mol. The highest BCUT2D eigenvalue weighted by atomic mass is 127. The van der Waals surface area contributed by atoms with Crippen LogP contribution in [0.15, 0.2) is 71.8 Å². The molecule has 2 aromatic heterocycles. The van der Waals surface area contributed by atoms with Gasteiger partial charge in [-0.2, -0.15) is 0 Å². The summed E-state index contributed by atoms with van der Waals surface area (Å²) in [7, 11) is 0. The highest BCUT2D eigenvalue weighted by Crippen LogP contribution is 2.30. The van der Waals surface area contributed by atoms with Crippen LogP contribution in [-0.2, 0) is 0 Å². The van der Waals surface area contributed by atoms with Crippen LogP contribution in [0.2, 0.25) is 0 Å². The second-order valence-corrected chi connectivity index (χ2v) is 9.14. The van der Waals surface area contributed by atoms with E-state index in [9.17, 15) is 9.59 Å². The van der Waals surface area contributed by atoms with Gasteiger partial charge in [-0.15, -0.1) is 0 Å². The zero-order valence-corrected chi connectivity index (χ0v) is 19.5. The number of anilines is 1. The molecule has 8 heteroatoms. The molecule has 5 rings (SSSR count). The van der Waals surface area contributed by atoms with Crippen LogP contribution in [0.1, 0.15) is 18.9 Å². The maximum Gasteiger partial charge on any atom is 0.326 e. The molecule has 0 saturated carbocycles. The third-order valence-corrected chi connectivity index (χ3v) is 6.66. The van der Waals surface area contributed by atoms with Crippen molar-refractivity contribution >= 4 is 45.3 Å². The van der Waals surface area contributed by atoms with Crippen LogP contribution in [0.25, 0.3) is 22.2 Å². The number of aromatic amines is 1. The first-order valence-electron chi connectivity index (χ1n) is 10.6. The van der Waals surface area contributed by atoms with Crippen molar-refractivity contribution in [3.05, 3.63) is 81.0 Å². The van der Waals surface area contributed by atoms with E-state index < -0.39 is 0 Å². The Kier molecular flexibility index (Phi) is 5.69. The van der Waals surface area contributed by atoms with Gasteiger partial charge in [-0.3, -0.25) is 9.55 Å². The lowest BCUT2D eigenvalue weighted by Crippen LogP contribution is -2.42. The van der Waals surface area contributed by atoms with Gasteiger partial charge < -0.3 is 15.2 Å². The summed E-state index contributed by atoms with van der Waals surface area (Å²) in [5.41, 5.74) is 4.31. The number of piperidine rings is 1. The van der Waals surface area contributed by atoms with Gasteiger partial charge in [0.25, 0.3) is 0 Å². The van der Waals surface area contributed by atoms with Gasteiger partial charge in [0.15, 0.2) is 0 Å². The first-order chi connectivity index (χ1) is 15.6. The summed E-state index contributed by atoms with van der Waals surface area (Å²) in [5.74, 6) is 0. The third kappa shape index (κ3) is 4.02. The van der Waals surface area contributed by atoms with Crippen molar-refractivity contribution in [2.24, 2.45) is 0 Å². The van der Waals surface area contributed by atoms with E-state index in [-0.39, 0.29) is 17.8 Å². The largest absolute Gasteiger partial charge is 0.326 e. The van der Waals surface area contributed by atoms with E-state index in [2.05, 4.69) is 37.9 Å². The second kappa shape index (κ2) is 8.78. The van der Waals surface area contributed by atoms with Gasteiger partial charge in [0, 0.05) is 51.9 Å². The summed E-state index contributed by atoms with van der Waals surface area (Å²) in [6.45, 7) is 1.20. The van der Waals surface area contributed by atoms with Crippen LogP contribution in [0, 0.1) is 3.57 Å². The Hall–Kier alpha value is -3.14. The van der Waals surface area contributed by atoms with Gasteiger partial charge in [0.2, 0.25) is 0 Å². The van der Waals surface area contributed by atoms with Gasteiger partial charge in [0.05, 0.1) is 11.0 Å². The third-order valence-electron chi connectivity index (χ3n) is 5.94. The van der Waals surface area contributed by atoms with Gasteiger partial charge in [-0.05, 0) is 71.8 Å². The number of likely N-dealkylation sites (tertiary alicyclic amines) is 1. The number of urea groups is 1. The molecular weight excluding hydrogens is 517 g/mol. The molecule has 4 aromatic rings. The number of carbonyl (C=O) groups is 1. The molecule has 32 heavy (non-hydrogen) atoms. The van der Waals surface area contributed by atoms with Crippen LogP contribution in [0.5, 0.6) is 0 Å². The fraction of sp³-hybridized carbons (Fsp3) is 0.208. The molecule has 1 saturated heterocycles. The maximum atomic E-state index is 12.9. The number of hydrogen-bond donors (Lipinski definition) is 2. The van der Waals surface area contributed by atoms with Crippen LogP contribution >= 0.6 is 22.6 Å². The minimum Gasteiger partial charge on any atom is -0.324 e. The molecule has 0 unspecified atom stereocenters. The van der Waals surface area contributed by atoms with Gasteiger partial charge in [-0.1, -0.05) is 18.2 Å². The first kappa shape index (κ1) is 20.7. The molecule has 1 fully saturated rings. The average Bonchev–Trinajstić information content (AvgIpc) is 3.17. The summed E-state index contributed by atoms with van der Waals surface area (Å²) in [6, 6.07) is 17.5. The summed E-state index contributed by atoms with van der Waals surface area (Å²) in [6.07, 6.45) is 4.99. The average molecular weight is 539 g/mol. The quantitative estimate of drug-likeness (QED) is 0.365. The second-order valence-electron chi connectivity index (χ2n) is 7.90. The lowest BCUT2D eigenvalue weighted by molar-refractivity contribution is 0.184. The molecule has 1 aliphatic rings. The molecule has 2 N–H and O–H groups in total. The summed E-state index contributed by atoms with van der Waals surface area (Å²) in [5, 5.41) is 2.96. The number of nitrogens with one attached hydrogen (secondary N) is 2. The molecule has 0 bridgehead atoms. The van der Waals surface area contributed by atoms with E-state index in [1.165, 1.54) is 0 Å². The number of fused-ring (bicyclic) bond motifs is 1. The molecule has 3 heterocycles. The molecular formula is C24H22IN5O2. The van der Waals surface area contributed by atoms with Gasteiger partial charge >= 0.3 is 11.7 Å². The van der Waals surface area contributed by atoms with Crippen molar-refractivity contribution < 1.29 is 4.79 Å². The molecule has 2 amide bonds. The van der Waals surface area contributed by atoms with E-state index >= 15 is 0 Å². The van der Waals surface area contributed by atoms with E-state index in [1.54, 1.807) is 12.4 Å². The van der Waals surface area contributed by atoms with Crippen molar-refractivity contribution in [2.45, 2.75) is 18.9 Å². The van der Waals surface area contributed by atoms with Crippen LogP contribution in [0.3, 0.4) is 0 Å². The van der Waals surface area contributed by atoms with E-state index in [4.69, 9.17) is 0 Å². The zero-order chi connectivity index (χ0) is 22.1. The number of benzene rings is 2. The number of H-pyrrole nitrogens is 1. The van der Waals surface area contributed by atoms with E-state index in [1.807, 2.05) is 64.1 Å². The molecule has 0 spiro atoms. The Bertz CT molecular complexity index is 1310. The number of rotatable bonds is 3. The van der Waals surface area contributed by atoms with Crippen molar-refractivity contribution in [1.29, 1.82) is 0 Å². The van der Waals surface area contributed by atoms with Crippen LogP contribution < -0.4 is 11.0 Å². The Morgan fingerprint density at radius 2 is 1.84 bits per heavy atom. The Labute approximate surface area is 198 Å². The summed E-state index contributed by atoms with van der Waals surface area (Å²) < 4.78 is 2.97. The first-order valence-corrected chi connectivity index (χ1v) is 11.6. The number of para-hydroxylation sites is 1. The molecule has 0 atom stereocenters. The fourth-order valence-electron chi connectivity index (χ4n) is 4.34. The Morgan fingerprint density at radius 1 is 1.06 bits per heavy atom. The predicted molar refractivity (Wildman–Crippen MR) is 134 cm³/mol. The van der Waals surface area contributed by atoms with Crippen molar-refractivity contribution in [1.82, 2.24) is 19.4 Å². The number of pyridine rings is 1. The van der Waals surface area contributed by atoms with E-state index in [0.717, 1.165) is 44.3 Å². The highest BCUT2D eigenvalue weighted by Gasteiger charge is 2.26. The predicted octanol–water partition coefficient (Wildman–Crippen LogP) is 4.87. The topological polar surface area (TPSA) is 83.0 Å². The Balaban J connectivity index is 1.34. The molecule has 7 nitrogen and oxygen atoms in total. The molecule has 1 aliphatic heterocycles. The number of amides is 2. The standard InChI is InChI=1S/C24H22IN5O2/c25-17-6-8-18(9-7-17)27-23(31)29-13-10-19(11-14-29)30-21-5-1-4-20(22(21)28-24(30)32)16-3-2-12-26-15-16/h1-9,12,15,19H,10-11,13-14H2,(H,27,31)(H,28,32). The summed E-state index contributed by atoms with van der Waals surface area (Å²) >= 11 is 2.24. The lowest BCUT2D eigenvalue weighted by atomic mass is 10.0. The summed E-state index contributed by atoms with van der Waals surface area (Å²) in [4.78, 5) is 34.6. The SMILES string of the molecule is O=C(Nc1ccc(I)cc1)N1CCC(n2c(=O)[nH]c3c(-c4cccnc4)cccc32)CC1. The Morgan fingerprint density at radius 3 is 2.56 bits per heavy atom. The number of imidazole rings is 1.